The number of hydrogen-bond acceptors (Lipinski definition) is 8. The van der Waals surface area contributed by atoms with Crippen LogP contribution in [0.1, 0.15) is 39.7 Å². The Morgan fingerprint density at radius 2 is 2.00 bits per heavy atom. The van der Waals surface area contributed by atoms with Crippen LogP contribution in [0.15, 0.2) is 66.0 Å². The van der Waals surface area contributed by atoms with Crippen molar-refractivity contribution < 1.29 is 18.7 Å². The topological polar surface area (TPSA) is 132 Å². The van der Waals surface area contributed by atoms with Gasteiger partial charge in [0.25, 0.3) is 5.91 Å². The molecular formula is C31H32FN7O3. The number of likely N-dealkylation sites (tertiary alicyclic amines) is 1. The van der Waals surface area contributed by atoms with Gasteiger partial charge in [-0.3, -0.25) is 4.79 Å². The SMILES string of the molecule is CCO[C@H](C)C(C)=C(C#N)C(=O)N1CCCC(n2nc(-c3ccc(Oc4ccccc4)cc3F)c3c(N)ncnc32)C1. The Labute approximate surface area is 243 Å². The van der Waals surface area contributed by atoms with Crippen LogP contribution in [0, 0.1) is 17.1 Å². The van der Waals surface area contributed by atoms with Crippen molar-refractivity contribution in [3.05, 3.63) is 71.8 Å². The number of benzene rings is 2. The zero-order valence-corrected chi connectivity index (χ0v) is 23.7. The van der Waals surface area contributed by atoms with Crippen LogP contribution in [0.3, 0.4) is 0 Å². The maximum atomic E-state index is 15.5. The molecule has 1 amide bonds. The minimum absolute atomic E-state index is 0.0778. The molecule has 216 valence electrons. The van der Waals surface area contributed by atoms with Crippen molar-refractivity contribution >= 4 is 22.8 Å². The van der Waals surface area contributed by atoms with Gasteiger partial charge in [0.1, 0.15) is 46.8 Å². The molecule has 1 aliphatic heterocycles. The normalized spacial score (nSPS) is 16.5. The number of piperidine rings is 1. The summed E-state index contributed by atoms with van der Waals surface area (Å²) in [4.78, 5) is 23.7. The summed E-state index contributed by atoms with van der Waals surface area (Å²) in [5.41, 5.74) is 7.90. The first-order chi connectivity index (χ1) is 20.3. The second-order valence-electron chi connectivity index (χ2n) is 10.1. The zero-order valence-electron chi connectivity index (χ0n) is 23.7. The van der Waals surface area contributed by atoms with Crippen LogP contribution in [0.4, 0.5) is 10.2 Å². The first kappa shape index (κ1) is 28.7. The van der Waals surface area contributed by atoms with Gasteiger partial charge >= 0.3 is 0 Å². The van der Waals surface area contributed by atoms with Crippen molar-refractivity contribution in [2.24, 2.45) is 0 Å². The van der Waals surface area contributed by atoms with E-state index in [1.807, 2.05) is 32.0 Å². The van der Waals surface area contributed by atoms with Crippen LogP contribution in [-0.4, -0.2) is 56.4 Å². The Morgan fingerprint density at radius 3 is 2.71 bits per heavy atom. The van der Waals surface area contributed by atoms with Crippen LogP contribution < -0.4 is 10.5 Å². The molecule has 1 aliphatic rings. The molecule has 2 aromatic heterocycles. The zero-order chi connectivity index (χ0) is 29.8. The van der Waals surface area contributed by atoms with Crippen molar-refractivity contribution in [3.8, 4) is 28.8 Å². The average Bonchev–Trinajstić information content (AvgIpc) is 3.39. The molecule has 2 atom stereocenters. The third-order valence-electron chi connectivity index (χ3n) is 7.47. The molecular weight excluding hydrogens is 537 g/mol. The number of nitrogen functional groups attached to an aromatic ring is 1. The number of para-hydroxylation sites is 1. The highest BCUT2D eigenvalue weighted by atomic mass is 19.1. The lowest BCUT2D eigenvalue weighted by atomic mass is 10.0. The van der Waals surface area contributed by atoms with Crippen LogP contribution in [-0.2, 0) is 9.53 Å². The monoisotopic (exact) mass is 569 g/mol. The fourth-order valence-corrected chi connectivity index (χ4v) is 5.19. The first-order valence-electron chi connectivity index (χ1n) is 13.9. The molecule has 5 rings (SSSR count). The minimum Gasteiger partial charge on any atom is -0.457 e. The highest BCUT2D eigenvalue weighted by Crippen LogP contribution is 2.36. The molecule has 2 N–H and O–H groups in total. The predicted octanol–water partition coefficient (Wildman–Crippen LogP) is 5.44. The van der Waals surface area contributed by atoms with Gasteiger partial charge in [-0.25, -0.2) is 19.0 Å². The van der Waals surface area contributed by atoms with Crippen LogP contribution in [0.5, 0.6) is 11.5 Å². The van der Waals surface area contributed by atoms with Gasteiger partial charge < -0.3 is 20.1 Å². The van der Waals surface area contributed by atoms with Gasteiger partial charge in [0.2, 0.25) is 0 Å². The van der Waals surface area contributed by atoms with E-state index in [9.17, 15) is 10.1 Å². The van der Waals surface area contributed by atoms with Crippen LogP contribution in [0.25, 0.3) is 22.3 Å². The third-order valence-corrected chi connectivity index (χ3v) is 7.47. The van der Waals surface area contributed by atoms with Gasteiger partial charge in [0.15, 0.2) is 5.65 Å². The maximum Gasteiger partial charge on any atom is 0.264 e. The molecule has 1 unspecified atom stereocenters. The average molecular weight is 570 g/mol. The number of ether oxygens (including phenoxy) is 2. The van der Waals surface area contributed by atoms with E-state index in [1.165, 1.54) is 12.4 Å². The molecule has 3 heterocycles. The van der Waals surface area contributed by atoms with Crippen LogP contribution in [0.2, 0.25) is 0 Å². The number of amides is 1. The lowest BCUT2D eigenvalue weighted by molar-refractivity contribution is -0.128. The first-order valence-corrected chi connectivity index (χ1v) is 13.9. The number of aromatic nitrogens is 4. The lowest BCUT2D eigenvalue weighted by Crippen LogP contribution is -2.42. The summed E-state index contributed by atoms with van der Waals surface area (Å²) in [6.45, 7) is 6.70. The van der Waals surface area contributed by atoms with Crippen LogP contribution >= 0.6 is 0 Å². The van der Waals surface area contributed by atoms with E-state index in [0.29, 0.717) is 66.3 Å². The Bertz CT molecular complexity index is 1680. The molecule has 0 spiro atoms. The number of anilines is 1. The number of carbonyl (C=O) groups is 1. The number of halogens is 1. The molecule has 0 bridgehead atoms. The van der Waals surface area contributed by atoms with Gasteiger partial charge in [-0.1, -0.05) is 18.2 Å². The van der Waals surface area contributed by atoms with Gasteiger partial charge in [0.05, 0.1) is 17.5 Å². The number of carbonyl (C=O) groups excluding carboxylic acids is 1. The number of hydrogen-bond donors (Lipinski definition) is 1. The molecule has 0 saturated carbocycles. The van der Waals surface area contributed by atoms with E-state index in [-0.39, 0.29) is 35.0 Å². The minimum atomic E-state index is -0.540. The number of nitriles is 1. The maximum absolute atomic E-state index is 15.5. The summed E-state index contributed by atoms with van der Waals surface area (Å²) in [5, 5.41) is 15.0. The summed E-state index contributed by atoms with van der Waals surface area (Å²) in [7, 11) is 0. The second kappa shape index (κ2) is 12.4. The van der Waals surface area contributed by atoms with Crippen molar-refractivity contribution in [1.29, 1.82) is 5.26 Å². The van der Waals surface area contributed by atoms with Gasteiger partial charge in [-0.05, 0) is 63.5 Å². The standard InChI is InChI=1S/C31H32FN7O3/c1-4-41-20(3)19(2)25(16-33)31(40)38-14-8-9-21(17-38)39-30-27(29(34)35-18-36-30)28(37-39)24-13-12-23(15-26(24)32)42-22-10-6-5-7-11-22/h5-7,10-13,15,18,20-21H,4,8-9,14,17H2,1-3H3,(H2,34,35,36)/t20-,21?/m1/s1. The number of nitrogens with two attached hydrogens (primary N) is 1. The summed E-state index contributed by atoms with van der Waals surface area (Å²) in [5.74, 6) is 0.209. The van der Waals surface area contributed by atoms with Crippen molar-refractivity contribution in [2.75, 3.05) is 25.4 Å². The highest BCUT2D eigenvalue weighted by Gasteiger charge is 2.31. The molecule has 1 saturated heterocycles. The fourth-order valence-electron chi connectivity index (χ4n) is 5.19. The molecule has 2 aromatic carbocycles. The Morgan fingerprint density at radius 1 is 1.21 bits per heavy atom. The van der Waals surface area contributed by atoms with Crippen molar-refractivity contribution in [1.82, 2.24) is 24.6 Å². The number of nitrogens with zero attached hydrogens (tertiary/aromatic N) is 6. The summed E-state index contributed by atoms with van der Waals surface area (Å²) >= 11 is 0. The molecule has 0 radical (unpaired) electrons. The largest absolute Gasteiger partial charge is 0.457 e. The van der Waals surface area contributed by atoms with Gasteiger partial charge in [0, 0.05) is 31.3 Å². The number of fused-ring (bicyclic) bond motifs is 1. The summed E-state index contributed by atoms with van der Waals surface area (Å²) in [6.07, 6.45) is 2.38. The van der Waals surface area contributed by atoms with E-state index < -0.39 is 5.82 Å². The van der Waals surface area contributed by atoms with Crippen molar-refractivity contribution in [3.63, 3.8) is 0 Å². The fraction of sp³-hybridized carbons (Fsp3) is 0.323. The molecule has 10 nitrogen and oxygen atoms in total. The van der Waals surface area contributed by atoms with E-state index >= 15 is 4.39 Å². The van der Waals surface area contributed by atoms with Crippen molar-refractivity contribution in [2.45, 2.75) is 45.8 Å². The molecule has 1 fully saturated rings. The lowest BCUT2D eigenvalue weighted by Gasteiger charge is -2.33. The van der Waals surface area contributed by atoms with E-state index in [2.05, 4.69) is 16.0 Å². The quantitative estimate of drug-likeness (QED) is 0.219. The van der Waals surface area contributed by atoms with Gasteiger partial charge in [-0.15, -0.1) is 0 Å². The Balaban J connectivity index is 1.48. The summed E-state index contributed by atoms with van der Waals surface area (Å²) in [6, 6.07) is 15.5. The Hall–Kier alpha value is -4.82. The molecule has 4 aromatic rings. The third kappa shape index (κ3) is 5.66. The predicted molar refractivity (Wildman–Crippen MR) is 156 cm³/mol. The molecule has 11 heteroatoms. The second-order valence-corrected chi connectivity index (χ2v) is 10.1. The summed E-state index contributed by atoms with van der Waals surface area (Å²) < 4.78 is 28.6. The van der Waals surface area contributed by atoms with E-state index in [1.54, 1.807) is 40.8 Å². The smallest absolute Gasteiger partial charge is 0.264 e. The Kier molecular flexibility index (Phi) is 8.45. The molecule has 0 aliphatic carbocycles. The van der Waals surface area contributed by atoms with E-state index in [0.717, 1.165) is 0 Å². The molecule has 42 heavy (non-hydrogen) atoms. The van der Waals surface area contributed by atoms with E-state index in [4.69, 9.17) is 20.3 Å². The highest BCUT2D eigenvalue weighted by molar-refractivity contribution is 5.99. The van der Waals surface area contributed by atoms with Gasteiger partial charge in [-0.2, -0.15) is 10.4 Å². The number of rotatable bonds is 8.